The summed E-state index contributed by atoms with van der Waals surface area (Å²) in [6.07, 6.45) is 1.65. The number of benzene rings is 2. The minimum Gasteiger partial charge on any atom is -0.352 e. The van der Waals surface area contributed by atoms with Gasteiger partial charge in [0.25, 0.3) is 0 Å². The number of carbonyl (C=O) groups excluding carboxylic acids is 2. The molecule has 144 valence electrons. The van der Waals surface area contributed by atoms with E-state index in [1.807, 2.05) is 81.4 Å². The molecule has 1 atom stereocenters. The Hall–Kier alpha value is -2.62. The van der Waals surface area contributed by atoms with E-state index in [2.05, 4.69) is 5.32 Å². The van der Waals surface area contributed by atoms with E-state index in [0.717, 1.165) is 11.1 Å². The van der Waals surface area contributed by atoms with Crippen LogP contribution in [0.5, 0.6) is 0 Å². The second-order valence-corrected chi connectivity index (χ2v) is 7.08. The third-order valence-electron chi connectivity index (χ3n) is 4.48. The molecule has 0 aliphatic rings. The van der Waals surface area contributed by atoms with Gasteiger partial charge in [-0.2, -0.15) is 0 Å². The van der Waals surface area contributed by atoms with Crippen molar-refractivity contribution in [2.24, 2.45) is 0 Å². The van der Waals surface area contributed by atoms with E-state index in [1.165, 1.54) is 0 Å². The van der Waals surface area contributed by atoms with Crippen LogP contribution in [-0.2, 0) is 22.6 Å². The number of aryl methyl sites for hydroxylation is 1. The van der Waals surface area contributed by atoms with Crippen LogP contribution in [0.25, 0.3) is 0 Å². The largest absolute Gasteiger partial charge is 0.352 e. The molecule has 0 aromatic heterocycles. The van der Waals surface area contributed by atoms with Gasteiger partial charge in [0, 0.05) is 19.0 Å². The molecule has 2 aromatic carbocycles. The van der Waals surface area contributed by atoms with Crippen molar-refractivity contribution >= 4 is 11.8 Å². The van der Waals surface area contributed by atoms with Crippen molar-refractivity contribution in [2.75, 3.05) is 0 Å². The van der Waals surface area contributed by atoms with E-state index in [0.29, 0.717) is 25.8 Å². The van der Waals surface area contributed by atoms with Gasteiger partial charge in [-0.15, -0.1) is 0 Å². The van der Waals surface area contributed by atoms with E-state index in [-0.39, 0.29) is 17.9 Å². The smallest absolute Gasteiger partial charge is 0.243 e. The minimum atomic E-state index is -0.462. The highest BCUT2D eigenvalue weighted by molar-refractivity contribution is 5.87. The van der Waals surface area contributed by atoms with Gasteiger partial charge in [-0.05, 0) is 37.8 Å². The number of carbonyl (C=O) groups is 2. The number of nitrogens with zero attached hydrogens (tertiary/aromatic N) is 1. The summed E-state index contributed by atoms with van der Waals surface area (Å²) in [5, 5.41) is 2.96. The van der Waals surface area contributed by atoms with Crippen molar-refractivity contribution in [1.82, 2.24) is 10.2 Å². The second-order valence-electron chi connectivity index (χ2n) is 7.08. The van der Waals surface area contributed by atoms with Crippen molar-refractivity contribution in [2.45, 2.75) is 58.7 Å². The predicted molar refractivity (Wildman–Crippen MR) is 109 cm³/mol. The Morgan fingerprint density at radius 2 is 1.48 bits per heavy atom. The van der Waals surface area contributed by atoms with Gasteiger partial charge in [0.1, 0.15) is 6.04 Å². The van der Waals surface area contributed by atoms with Crippen LogP contribution in [0.3, 0.4) is 0 Å². The molecule has 1 N–H and O–H groups in total. The Morgan fingerprint density at radius 1 is 0.926 bits per heavy atom. The molecule has 0 radical (unpaired) electrons. The number of hydrogen-bond acceptors (Lipinski definition) is 2. The average Bonchev–Trinajstić information content (AvgIpc) is 2.67. The molecule has 0 saturated carbocycles. The predicted octanol–water partition coefficient (Wildman–Crippen LogP) is 3.95. The monoisotopic (exact) mass is 366 g/mol. The Morgan fingerprint density at radius 3 is 2.00 bits per heavy atom. The fourth-order valence-corrected chi connectivity index (χ4v) is 3.12. The van der Waals surface area contributed by atoms with Crippen LogP contribution < -0.4 is 5.32 Å². The van der Waals surface area contributed by atoms with Crippen molar-refractivity contribution in [3.8, 4) is 0 Å². The Bertz CT molecular complexity index is 714. The van der Waals surface area contributed by atoms with Crippen LogP contribution >= 0.6 is 0 Å². The van der Waals surface area contributed by atoms with Gasteiger partial charge < -0.3 is 10.2 Å². The summed E-state index contributed by atoms with van der Waals surface area (Å²) in [5.74, 6) is -0.0787. The lowest BCUT2D eigenvalue weighted by Gasteiger charge is -2.31. The summed E-state index contributed by atoms with van der Waals surface area (Å²) in [7, 11) is 0. The SMILES string of the molecule is CC[C@@H](C(=O)NC(C)C)N(Cc1ccccc1)C(=O)CCc1ccccc1. The molecule has 4 nitrogen and oxygen atoms in total. The van der Waals surface area contributed by atoms with Crippen LogP contribution in [0, 0.1) is 0 Å². The highest BCUT2D eigenvalue weighted by Gasteiger charge is 2.28. The lowest BCUT2D eigenvalue weighted by Crippen LogP contribution is -2.50. The van der Waals surface area contributed by atoms with Gasteiger partial charge in [-0.25, -0.2) is 0 Å². The summed E-state index contributed by atoms with van der Waals surface area (Å²) in [4.78, 5) is 27.5. The molecular formula is C23H30N2O2. The van der Waals surface area contributed by atoms with E-state index < -0.39 is 6.04 Å². The highest BCUT2D eigenvalue weighted by Crippen LogP contribution is 2.15. The summed E-state index contributed by atoms with van der Waals surface area (Å²) in [6.45, 7) is 6.26. The maximum Gasteiger partial charge on any atom is 0.243 e. The minimum absolute atomic E-state index is 0.00784. The number of hydrogen-bond donors (Lipinski definition) is 1. The van der Waals surface area contributed by atoms with E-state index in [9.17, 15) is 9.59 Å². The normalized spacial score (nSPS) is 11.9. The second kappa shape index (κ2) is 10.5. The maximum atomic E-state index is 13.1. The number of amides is 2. The number of nitrogens with one attached hydrogen (secondary N) is 1. The zero-order chi connectivity index (χ0) is 19.6. The molecule has 0 unspecified atom stereocenters. The standard InChI is InChI=1S/C23H30N2O2/c1-4-21(23(27)24-18(2)3)25(17-20-13-9-6-10-14-20)22(26)16-15-19-11-7-5-8-12-19/h5-14,18,21H,4,15-17H2,1-3H3,(H,24,27)/t21-/m0/s1. The lowest BCUT2D eigenvalue weighted by molar-refractivity contribution is -0.141. The van der Waals surface area contributed by atoms with Crippen LogP contribution in [-0.4, -0.2) is 28.8 Å². The molecule has 0 heterocycles. The molecule has 0 bridgehead atoms. The summed E-state index contributed by atoms with van der Waals surface area (Å²) >= 11 is 0. The molecule has 0 aliphatic heterocycles. The van der Waals surface area contributed by atoms with Gasteiger partial charge >= 0.3 is 0 Å². The number of rotatable bonds is 9. The van der Waals surface area contributed by atoms with Crippen LogP contribution in [0.15, 0.2) is 60.7 Å². The first kappa shape index (κ1) is 20.7. The average molecular weight is 367 g/mol. The van der Waals surface area contributed by atoms with Gasteiger partial charge in [-0.3, -0.25) is 9.59 Å². The lowest BCUT2D eigenvalue weighted by atomic mass is 10.1. The first-order valence-corrected chi connectivity index (χ1v) is 9.69. The highest BCUT2D eigenvalue weighted by atomic mass is 16.2. The summed E-state index contributed by atoms with van der Waals surface area (Å²) in [5.41, 5.74) is 2.16. The fourth-order valence-electron chi connectivity index (χ4n) is 3.12. The molecule has 2 amide bonds. The molecule has 0 spiro atoms. The summed E-state index contributed by atoms with van der Waals surface area (Å²) < 4.78 is 0. The molecule has 4 heteroatoms. The molecule has 2 aromatic rings. The van der Waals surface area contributed by atoms with Crippen LogP contribution in [0.4, 0.5) is 0 Å². The third kappa shape index (κ3) is 6.55. The molecule has 0 fully saturated rings. The fraction of sp³-hybridized carbons (Fsp3) is 0.391. The first-order valence-electron chi connectivity index (χ1n) is 9.69. The van der Waals surface area contributed by atoms with Crippen molar-refractivity contribution < 1.29 is 9.59 Å². The first-order chi connectivity index (χ1) is 13.0. The van der Waals surface area contributed by atoms with Gasteiger partial charge in [0.15, 0.2) is 0 Å². The molecule has 0 saturated heterocycles. The Balaban J connectivity index is 2.16. The van der Waals surface area contributed by atoms with Crippen LogP contribution in [0.2, 0.25) is 0 Å². The zero-order valence-corrected chi connectivity index (χ0v) is 16.5. The van der Waals surface area contributed by atoms with Gasteiger partial charge in [-0.1, -0.05) is 67.6 Å². The molecule has 0 aliphatic carbocycles. The van der Waals surface area contributed by atoms with Gasteiger partial charge in [0.2, 0.25) is 11.8 Å². The summed E-state index contributed by atoms with van der Waals surface area (Å²) in [6, 6.07) is 19.4. The molecular weight excluding hydrogens is 336 g/mol. The Labute approximate surface area is 162 Å². The maximum absolute atomic E-state index is 13.1. The molecule has 2 rings (SSSR count). The topological polar surface area (TPSA) is 49.4 Å². The van der Waals surface area contributed by atoms with E-state index in [4.69, 9.17) is 0 Å². The van der Waals surface area contributed by atoms with Gasteiger partial charge in [0.05, 0.1) is 0 Å². The van der Waals surface area contributed by atoms with E-state index in [1.54, 1.807) is 4.90 Å². The van der Waals surface area contributed by atoms with Crippen molar-refractivity contribution in [3.05, 3.63) is 71.8 Å². The molecule has 27 heavy (non-hydrogen) atoms. The Kier molecular flexibility index (Phi) is 8.05. The zero-order valence-electron chi connectivity index (χ0n) is 16.5. The van der Waals surface area contributed by atoms with Crippen LogP contribution in [0.1, 0.15) is 44.7 Å². The van der Waals surface area contributed by atoms with E-state index >= 15 is 0 Å². The quantitative estimate of drug-likeness (QED) is 0.730. The third-order valence-corrected chi connectivity index (χ3v) is 4.48. The van der Waals surface area contributed by atoms with Crippen molar-refractivity contribution in [1.29, 1.82) is 0 Å². The van der Waals surface area contributed by atoms with Crippen molar-refractivity contribution in [3.63, 3.8) is 0 Å².